The van der Waals surface area contributed by atoms with E-state index in [0.29, 0.717) is 11.7 Å². The number of nitrogens with two attached hydrogens (primary N) is 1. The van der Waals surface area contributed by atoms with Gasteiger partial charge in [-0.1, -0.05) is 43.3 Å². The van der Waals surface area contributed by atoms with Gasteiger partial charge in [0.2, 0.25) is 0 Å². The molecule has 1 atom stereocenters. The van der Waals surface area contributed by atoms with Crippen molar-refractivity contribution in [3.63, 3.8) is 0 Å². The molecule has 0 aliphatic heterocycles. The zero-order chi connectivity index (χ0) is 22.7. The Bertz CT molecular complexity index is 1210. The molecule has 0 aliphatic rings. The maximum absolute atomic E-state index is 6.20. The Kier molecular flexibility index (Phi) is 6.71. The molecule has 0 amide bonds. The van der Waals surface area contributed by atoms with Crippen LogP contribution < -0.4 is 5.73 Å². The van der Waals surface area contributed by atoms with Crippen molar-refractivity contribution >= 4 is 27.6 Å². The summed E-state index contributed by atoms with van der Waals surface area (Å²) in [5, 5.41) is 2.20. The second kappa shape index (κ2) is 9.66. The normalized spacial score (nSPS) is 12.7. The quantitative estimate of drug-likeness (QED) is 0.356. The molecule has 4 heteroatoms. The number of aromatic nitrogens is 2. The summed E-state index contributed by atoms with van der Waals surface area (Å²) in [5.41, 5.74) is 13.1. The van der Waals surface area contributed by atoms with Gasteiger partial charge in [0.15, 0.2) is 5.82 Å². The average molecular weight is 427 g/mol. The van der Waals surface area contributed by atoms with Crippen LogP contribution in [0.3, 0.4) is 0 Å². The van der Waals surface area contributed by atoms with Crippen molar-refractivity contribution in [1.82, 2.24) is 14.9 Å². The van der Waals surface area contributed by atoms with E-state index in [2.05, 4.69) is 91.3 Å². The summed E-state index contributed by atoms with van der Waals surface area (Å²) in [6, 6.07) is 17.7. The van der Waals surface area contributed by atoms with Crippen molar-refractivity contribution in [1.29, 1.82) is 0 Å². The van der Waals surface area contributed by atoms with Crippen LogP contribution in [0.5, 0.6) is 0 Å². The molecule has 2 heterocycles. The van der Waals surface area contributed by atoms with Crippen LogP contribution in [0.15, 0.2) is 54.7 Å². The van der Waals surface area contributed by atoms with E-state index in [0.717, 1.165) is 41.2 Å². The van der Waals surface area contributed by atoms with Gasteiger partial charge < -0.3 is 10.6 Å². The molecule has 2 aromatic carbocycles. The van der Waals surface area contributed by atoms with E-state index in [1.807, 2.05) is 6.20 Å². The number of anilines is 1. The fourth-order valence-corrected chi connectivity index (χ4v) is 4.38. The first-order valence-corrected chi connectivity index (χ1v) is 11.6. The highest BCUT2D eigenvalue weighted by Gasteiger charge is 2.10. The number of fused-ring (bicyclic) bond motifs is 3. The van der Waals surface area contributed by atoms with E-state index in [-0.39, 0.29) is 0 Å². The summed E-state index contributed by atoms with van der Waals surface area (Å²) in [6.07, 6.45) is 6.36. The van der Waals surface area contributed by atoms with Gasteiger partial charge in [-0.2, -0.15) is 0 Å². The largest absolute Gasteiger partial charge is 0.382 e. The van der Waals surface area contributed by atoms with Crippen LogP contribution in [0.4, 0.5) is 5.82 Å². The minimum absolute atomic E-state index is 0.500. The molecule has 166 valence electrons. The lowest BCUT2D eigenvalue weighted by Crippen LogP contribution is -2.13. The molecule has 32 heavy (non-hydrogen) atoms. The molecule has 4 rings (SSSR count). The van der Waals surface area contributed by atoms with Crippen LogP contribution in [0, 0.1) is 6.92 Å². The van der Waals surface area contributed by atoms with Gasteiger partial charge in [-0.05, 0) is 93.6 Å². The number of hydrogen-bond acceptors (Lipinski definition) is 4. The van der Waals surface area contributed by atoms with E-state index in [1.54, 1.807) is 0 Å². The highest BCUT2D eigenvalue weighted by atomic mass is 15.0. The van der Waals surface area contributed by atoms with Crippen molar-refractivity contribution in [2.75, 3.05) is 26.4 Å². The summed E-state index contributed by atoms with van der Waals surface area (Å²) in [7, 11) is 4.28. The third kappa shape index (κ3) is 5.08. The topological polar surface area (TPSA) is 55.0 Å². The first-order chi connectivity index (χ1) is 15.4. The SMILES string of the molecule is Cc1ccc2c(c1)nc(N)c1ncc(CCc3ccc(C(C)CCCN(C)C)cc3)cc12. The van der Waals surface area contributed by atoms with Crippen molar-refractivity contribution in [3.05, 3.63) is 77.0 Å². The van der Waals surface area contributed by atoms with Crippen molar-refractivity contribution in [3.8, 4) is 0 Å². The number of benzene rings is 2. The summed E-state index contributed by atoms with van der Waals surface area (Å²) in [4.78, 5) is 11.5. The molecule has 2 aromatic heterocycles. The molecular weight excluding hydrogens is 392 g/mol. The predicted molar refractivity (Wildman–Crippen MR) is 136 cm³/mol. The number of aryl methyl sites for hydroxylation is 3. The smallest absolute Gasteiger partial charge is 0.150 e. The van der Waals surface area contributed by atoms with Crippen LogP contribution in [-0.2, 0) is 12.8 Å². The summed E-state index contributed by atoms with van der Waals surface area (Å²) >= 11 is 0. The molecule has 4 aromatic rings. The van der Waals surface area contributed by atoms with Crippen LogP contribution in [-0.4, -0.2) is 35.5 Å². The lowest BCUT2D eigenvalue weighted by molar-refractivity contribution is 0.387. The Labute approximate surface area is 191 Å². The number of rotatable bonds is 8. The first kappa shape index (κ1) is 22.2. The molecule has 0 spiro atoms. The van der Waals surface area contributed by atoms with E-state index in [9.17, 15) is 0 Å². The molecule has 0 radical (unpaired) electrons. The van der Waals surface area contributed by atoms with Gasteiger partial charge in [0.25, 0.3) is 0 Å². The number of hydrogen-bond donors (Lipinski definition) is 1. The summed E-state index contributed by atoms with van der Waals surface area (Å²) in [5.74, 6) is 1.10. The molecule has 0 fully saturated rings. The standard InChI is InChI=1S/C28H34N4/c1-19-7-14-24-25-17-22(18-30-27(25)28(29)31-26(24)16-19)9-8-21-10-12-23(13-11-21)20(2)6-5-15-32(3)4/h7,10-14,16-18,20H,5-6,8-9,15H2,1-4H3,(H2,29,31). The molecule has 0 aliphatic carbocycles. The molecule has 0 bridgehead atoms. The van der Waals surface area contributed by atoms with E-state index < -0.39 is 0 Å². The Morgan fingerprint density at radius 1 is 0.938 bits per heavy atom. The van der Waals surface area contributed by atoms with Gasteiger partial charge in [-0.3, -0.25) is 4.98 Å². The lowest BCUT2D eigenvalue weighted by Gasteiger charge is -2.15. The summed E-state index contributed by atoms with van der Waals surface area (Å²) in [6.45, 7) is 5.56. The van der Waals surface area contributed by atoms with Gasteiger partial charge in [0.05, 0.1) is 5.52 Å². The fourth-order valence-electron chi connectivity index (χ4n) is 4.38. The third-order valence-electron chi connectivity index (χ3n) is 6.36. The molecule has 0 saturated heterocycles. The average Bonchev–Trinajstić information content (AvgIpc) is 2.77. The highest BCUT2D eigenvalue weighted by Crippen LogP contribution is 2.28. The molecule has 2 N–H and O–H groups in total. The van der Waals surface area contributed by atoms with Gasteiger partial charge in [-0.15, -0.1) is 0 Å². The molecule has 4 nitrogen and oxygen atoms in total. The van der Waals surface area contributed by atoms with Gasteiger partial charge in [0.1, 0.15) is 5.52 Å². The van der Waals surface area contributed by atoms with Gasteiger partial charge >= 0.3 is 0 Å². The Morgan fingerprint density at radius 3 is 2.44 bits per heavy atom. The number of nitrogen functional groups attached to an aromatic ring is 1. The lowest BCUT2D eigenvalue weighted by atomic mass is 9.94. The van der Waals surface area contributed by atoms with Crippen molar-refractivity contribution < 1.29 is 0 Å². The van der Waals surface area contributed by atoms with Crippen molar-refractivity contribution in [2.24, 2.45) is 0 Å². The van der Waals surface area contributed by atoms with Crippen LogP contribution in [0.2, 0.25) is 0 Å². The van der Waals surface area contributed by atoms with Crippen molar-refractivity contribution in [2.45, 2.75) is 45.4 Å². The minimum atomic E-state index is 0.500. The van der Waals surface area contributed by atoms with Gasteiger partial charge in [0, 0.05) is 17.0 Å². The number of nitrogens with zero attached hydrogens (tertiary/aromatic N) is 3. The zero-order valence-electron chi connectivity index (χ0n) is 19.7. The van der Waals surface area contributed by atoms with Crippen LogP contribution >= 0.6 is 0 Å². The predicted octanol–water partition coefficient (Wildman–Crippen LogP) is 5.90. The zero-order valence-corrected chi connectivity index (χ0v) is 19.7. The molecule has 1 unspecified atom stereocenters. The second-order valence-electron chi connectivity index (χ2n) is 9.35. The van der Waals surface area contributed by atoms with Gasteiger partial charge in [-0.25, -0.2) is 4.98 Å². The monoisotopic (exact) mass is 426 g/mol. The first-order valence-electron chi connectivity index (χ1n) is 11.6. The highest BCUT2D eigenvalue weighted by molar-refractivity contribution is 6.08. The van der Waals surface area contributed by atoms with Crippen LogP contribution in [0.1, 0.15) is 47.9 Å². The summed E-state index contributed by atoms with van der Waals surface area (Å²) < 4.78 is 0. The fraction of sp³-hybridized carbons (Fsp3) is 0.357. The number of pyridine rings is 2. The van der Waals surface area contributed by atoms with Crippen LogP contribution in [0.25, 0.3) is 21.8 Å². The Hall–Kier alpha value is -2.98. The molecule has 0 saturated carbocycles. The maximum atomic E-state index is 6.20. The van der Waals surface area contributed by atoms with E-state index in [4.69, 9.17) is 5.73 Å². The van der Waals surface area contributed by atoms with E-state index in [1.165, 1.54) is 35.1 Å². The maximum Gasteiger partial charge on any atom is 0.150 e. The Morgan fingerprint density at radius 2 is 1.69 bits per heavy atom. The minimum Gasteiger partial charge on any atom is -0.382 e. The van der Waals surface area contributed by atoms with E-state index >= 15 is 0 Å². The second-order valence-corrected chi connectivity index (χ2v) is 9.35. The molecular formula is C28H34N4. The third-order valence-corrected chi connectivity index (χ3v) is 6.36. The Balaban J connectivity index is 1.46.